The van der Waals surface area contributed by atoms with Crippen molar-refractivity contribution in [3.8, 4) is 5.88 Å². The number of hydrogen-bond donors (Lipinski definition) is 1. The second kappa shape index (κ2) is 9.27. The molecular weight excluding hydrogens is 425 g/mol. The van der Waals surface area contributed by atoms with Crippen molar-refractivity contribution in [1.82, 2.24) is 9.88 Å². The summed E-state index contributed by atoms with van der Waals surface area (Å²) in [5.41, 5.74) is 0.0551. The molecule has 1 aliphatic rings. The van der Waals surface area contributed by atoms with Gasteiger partial charge < -0.3 is 15.0 Å². The molecule has 2 amide bonds. The third kappa shape index (κ3) is 6.12. The molecule has 1 aromatic heterocycles. The van der Waals surface area contributed by atoms with E-state index in [1.807, 2.05) is 0 Å². The summed E-state index contributed by atoms with van der Waals surface area (Å²) in [5, 5.41) is 2.62. The molecule has 2 heterocycles. The second-order valence-corrected chi connectivity index (χ2v) is 6.97. The third-order valence-electron chi connectivity index (χ3n) is 4.70. The van der Waals surface area contributed by atoms with Crippen LogP contribution in [0.15, 0.2) is 36.5 Å². The maximum Gasteiger partial charge on any atom is 0.422 e. The number of rotatable bonds is 5. The van der Waals surface area contributed by atoms with E-state index in [2.05, 4.69) is 15.0 Å². The van der Waals surface area contributed by atoms with Crippen LogP contribution in [0, 0.1) is 17.6 Å². The first-order valence-electron chi connectivity index (χ1n) is 9.33. The van der Waals surface area contributed by atoms with Crippen LogP contribution in [-0.4, -0.2) is 47.6 Å². The van der Waals surface area contributed by atoms with Gasteiger partial charge in [0.2, 0.25) is 11.8 Å². The van der Waals surface area contributed by atoms with E-state index in [0.29, 0.717) is 18.9 Å². The zero-order valence-corrected chi connectivity index (χ0v) is 16.1. The fourth-order valence-electron chi connectivity index (χ4n) is 3.12. The standard InChI is InChI=1S/C20H18F5N3O3/c21-13-1-3-15(16(22)9-13)19(30)28-7-5-12(6-8-28)18(29)27-14-2-4-17(26-10-14)31-11-20(23,24)25/h1-4,9-10,12H,5-8,11H2,(H,27,29). The van der Waals surface area contributed by atoms with Crippen LogP contribution in [0.1, 0.15) is 23.2 Å². The average Bonchev–Trinajstić information content (AvgIpc) is 2.72. The normalized spacial score (nSPS) is 14.9. The number of aromatic nitrogens is 1. The number of carbonyl (C=O) groups excluding carboxylic acids is 2. The molecule has 2 aromatic rings. The smallest absolute Gasteiger partial charge is 0.422 e. The van der Waals surface area contributed by atoms with E-state index in [-0.39, 0.29) is 36.1 Å². The summed E-state index contributed by atoms with van der Waals surface area (Å²) in [4.78, 5) is 30.0. The van der Waals surface area contributed by atoms with E-state index in [1.165, 1.54) is 23.2 Å². The highest BCUT2D eigenvalue weighted by Gasteiger charge is 2.30. The van der Waals surface area contributed by atoms with Crippen LogP contribution in [0.2, 0.25) is 0 Å². The first-order valence-corrected chi connectivity index (χ1v) is 9.33. The van der Waals surface area contributed by atoms with Gasteiger partial charge in [-0.3, -0.25) is 9.59 Å². The molecule has 31 heavy (non-hydrogen) atoms. The number of carbonyl (C=O) groups is 2. The zero-order chi connectivity index (χ0) is 22.6. The number of halogens is 5. The number of likely N-dealkylation sites (tertiary alicyclic amines) is 1. The van der Waals surface area contributed by atoms with Crippen molar-refractivity contribution in [2.45, 2.75) is 19.0 Å². The fraction of sp³-hybridized carbons (Fsp3) is 0.350. The minimum atomic E-state index is -4.48. The van der Waals surface area contributed by atoms with Crippen LogP contribution in [0.4, 0.5) is 27.6 Å². The van der Waals surface area contributed by atoms with E-state index < -0.39 is 36.2 Å². The Morgan fingerprint density at radius 1 is 1.13 bits per heavy atom. The lowest BCUT2D eigenvalue weighted by Crippen LogP contribution is -2.41. The largest absolute Gasteiger partial charge is 0.468 e. The van der Waals surface area contributed by atoms with Crippen molar-refractivity contribution in [1.29, 1.82) is 0 Å². The number of piperidine rings is 1. The van der Waals surface area contributed by atoms with Gasteiger partial charge in [0.15, 0.2) is 6.61 Å². The molecule has 0 bridgehead atoms. The first-order chi connectivity index (χ1) is 14.6. The van der Waals surface area contributed by atoms with Gasteiger partial charge in [-0.05, 0) is 31.0 Å². The number of ether oxygens (including phenoxy) is 1. The van der Waals surface area contributed by atoms with Crippen LogP contribution in [0.25, 0.3) is 0 Å². The Morgan fingerprint density at radius 3 is 2.42 bits per heavy atom. The molecule has 1 saturated heterocycles. The van der Waals surface area contributed by atoms with Gasteiger partial charge in [-0.2, -0.15) is 13.2 Å². The molecule has 0 atom stereocenters. The van der Waals surface area contributed by atoms with Crippen molar-refractivity contribution in [3.63, 3.8) is 0 Å². The molecular formula is C20H18F5N3O3. The summed E-state index contributed by atoms with van der Waals surface area (Å²) in [7, 11) is 0. The highest BCUT2D eigenvalue weighted by molar-refractivity contribution is 5.95. The summed E-state index contributed by atoms with van der Waals surface area (Å²) < 4.78 is 67.7. The van der Waals surface area contributed by atoms with Crippen LogP contribution in [0.5, 0.6) is 5.88 Å². The molecule has 0 unspecified atom stereocenters. The SMILES string of the molecule is O=C(Nc1ccc(OCC(F)(F)F)nc1)C1CCN(C(=O)c2ccc(F)cc2F)CC1. The molecule has 166 valence electrons. The Hall–Kier alpha value is -3.24. The average molecular weight is 443 g/mol. The molecule has 1 aliphatic heterocycles. The Balaban J connectivity index is 1.50. The molecule has 0 aliphatic carbocycles. The molecule has 6 nitrogen and oxygen atoms in total. The number of benzene rings is 1. The molecule has 0 saturated carbocycles. The van der Waals surface area contributed by atoms with Gasteiger partial charge in [-0.25, -0.2) is 13.8 Å². The lowest BCUT2D eigenvalue weighted by Gasteiger charge is -2.31. The van der Waals surface area contributed by atoms with E-state index in [9.17, 15) is 31.5 Å². The zero-order valence-electron chi connectivity index (χ0n) is 16.1. The maximum atomic E-state index is 13.8. The number of nitrogens with one attached hydrogen (secondary N) is 1. The summed E-state index contributed by atoms with van der Waals surface area (Å²) >= 11 is 0. The fourth-order valence-corrected chi connectivity index (χ4v) is 3.12. The van der Waals surface area contributed by atoms with Crippen LogP contribution in [-0.2, 0) is 4.79 Å². The van der Waals surface area contributed by atoms with Gasteiger partial charge >= 0.3 is 6.18 Å². The summed E-state index contributed by atoms with van der Waals surface area (Å²) in [5.74, 6) is -3.27. The Bertz CT molecular complexity index is 942. The number of alkyl halides is 3. The Kier molecular flexibility index (Phi) is 6.71. The van der Waals surface area contributed by atoms with Crippen molar-refractivity contribution in [2.24, 2.45) is 5.92 Å². The quantitative estimate of drug-likeness (QED) is 0.714. The minimum Gasteiger partial charge on any atom is -0.468 e. The van der Waals surface area contributed by atoms with Gasteiger partial charge in [-0.15, -0.1) is 0 Å². The molecule has 1 aromatic carbocycles. The maximum absolute atomic E-state index is 13.8. The van der Waals surface area contributed by atoms with Crippen LogP contribution < -0.4 is 10.1 Å². The second-order valence-electron chi connectivity index (χ2n) is 6.97. The number of nitrogens with zero attached hydrogens (tertiary/aromatic N) is 2. The monoisotopic (exact) mass is 443 g/mol. The van der Waals surface area contributed by atoms with Crippen LogP contribution >= 0.6 is 0 Å². The van der Waals surface area contributed by atoms with Gasteiger partial charge in [0.25, 0.3) is 5.91 Å². The van der Waals surface area contributed by atoms with Crippen molar-refractivity contribution in [2.75, 3.05) is 25.0 Å². The molecule has 11 heteroatoms. The number of amides is 2. The molecule has 0 radical (unpaired) electrons. The third-order valence-corrected chi connectivity index (χ3v) is 4.70. The predicted molar refractivity (Wildman–Crippen MR) is 99.4 cm³/mol. The molecule has 3 rings (SSSR count). The van der Waals surface area contributed by atoms with Gasteiger partial charge in [0.1, 0.15) is 11.6 Å². The lowest BCUT2D eigenvalue weighted by molar-refractivity contribution is -0.154. The molecule has 1 N–H and O–H groups in total. The Morgan fingerprint density at radius 2 is 1.84 bits per heavy atom. The summed E-state index contributed by atoms with van der Waals surface area (Å²) in [6.07, 6.45) is -2.63. The summed E-state index contributed by atoms with van der Waals surface area (Å²) in [6.45, 7) is -1.03. The van der Waals surface area contributed by atoms with E-state index in [4.69, 9.17) is 0 Å². The van der Waals surface area contributed by atoms with E-state index in [1.54, 1.807) is 0 Å². The van der Waals surface area contributed by atoms with Crippen molar-refractivity contribution < 1.29 is 36.3 Å². The minimum absolute atomic E-state index is 0.218. The topological polar surface area (TPSA) is 71.5 Å². The highest BCUT2D eigenvalue weighted by atomic mass is 19.4. The van der Waals surface area contributed by atoms with Gasteiger partial charge in [-0.1, -0.05) is 0 Å². The Labute approximate surface area is 174 Å². The number of pyridine rings is 1. The van der Waals surface area contributed by atoms with Gasteiger partial charge in [0.05, 0.1) is 17.4 Å². The number of anilines is 1. The highest BCUT2D eigenvalue weighted by Crippen LogP contribution is 2.23. The van der Waals surface area contributed by atoms with E-state index >= 15 is 0 Å². The lowest BCUT2D eigenvalue weighted by atomic mass is 9.95. The number of hydrogen-bond acceptors (Lipinski definition) is 4. The van der Waals surface area contributed by atoms with Gasteiger partial charge in [0, 0.05) is 31.1 Å². The van der Waals surface area contributed by atoms with E-state index in [0.717, 1.165) is 12.1 Å². The van der Waals surface area contributed by atoms with Crippen molar-refractivity contribution >= 4 is 17.5 Å². The molecule has 0 spiro atoms. The molecule has 1 fully saturated rings. The predicted octanol–water partition coefficient (Wildman–Crippen LogP) is 3.79. The summed E-state index contributed by atoms with van der Waals surface area (Å²) in [6, 6.07) is 5.30. The first kappa shape index (κ1) is 22.4. The van der Waals surface area contributed by atoms with Crippen molar-refractivity contribution in [3.05, 3.63) is 53.7 Å². The van der Waals surface area contributed by atoms with Crippen LogP contribution in [0.3, 0.4) is 0 Å².